The Morgan fingerprint density at radius 1 is 1.20 bits per heavy atom. The molecule has 3 aromatic rings. The number of aromatic hydroxyl groups is 1. The first kappa shape index (κ1) is 12.4. The van der Waals surface area contributed by atoms with Gasteiger partial charge in [0.25, 0.3) is 0 Å². The number of phenols is 1. The molecular formula is C16H13FN2O. The molecule has 0 saturated carbocycles. The van der Waals surface area contributed by atoms with Crippen molar-refractivity contribution in [3.05, 3.63) is 54.0 Å². The van der Waals surface area contributed by atoms with Gasteiger partial charge in [-0.15, -0.1) is 0 Å². The second-order valence-corrected chi connectivity index (χ2v) is 4.76. The summed E-state index contributed by atoms with van der Waals surface area (Å²) < 4.78 is 14.0. The number of phenolic OH excluding ortho intramolecular Hbond substituents is 1. The highest BCUT2D eigenvalue weighted by Crippen LogP contribution is 2.34. The fourth-order valence-electron chi connectivity index (χ4n) is 2.40. The van der Waals surface area contributed by atoms with Crippen molar-refractivity contribution in [3.63, 3.8) is 0 Å². The fraction of sp³-hybridized carbons (Fsp3) is 0.0625. The Morgan fingerprint density at radius 3 is 2.75 bits per heavy atom. The van der Waals surface area contributed by atoms with Crippen LogP contribution in [0.4, 0.5) is 10.2 Å². The molecule has 100 valence electrons. The molecule has 0 saturated heterocycles. The van der Waals surface area contributed by atoms with Crippen LogP contribution in [0.3, 0.4) is 0 Å². The molecule has 0 spiro atoms. The van der Waals surface area contributed by atoms with E-state index in [1.807, 2.05) is 13.0 Å². The van der Waals surface area contributed by atoms with Gasteiger partial charge >= 0.3 is 0 Å². The van der Waals surface area contributed by atoms with Gasteiger partial charge in [0.05, 0.1) is 0 Å². The van der Waals surface area contributed by atoms with Gasteiger partial charge in [0.1, 0.15) is 17.4 Å². The van der Waals surface area contributed by atoms with E-state index in [0.717, 1.165) is 10.9 Å². The van der Waals surface area contributed by atoms with E-state index in [1.54, 1.807) is 30.5 Å². The molecule has 0 aliphatic heterocycles. The van der Waals surface area contributed by atoms with Crippen LogP contribution in [0.1, 0.15) is 5.56 Å². The van der Waals surface area contributed by atoms with Crippen LogP contribution in [-0.4, -0.2) is 10.1 Å². The Morgan fingerprint density at radius 2 is 2.00 bits per heavy atom. The van der Waals surface area contributed by atoms with Gasteiger partial charge in [-0.3, -0.25) is 0 Å². The van der Waals surface area contributed by atoms with Crippen LogP contribution in [0.15, 0.2) is 42.6 Å². The summed E-state index contributed by atoms with van der Waals surface area (Å²) in [5, 5.41) is 11.4. The van der Waals surface area contributed by atoms with E-state index in [4.69, 9.17) is 5.73 Å². The lowest BCUT2D eigenvalue weighted by Crippen LogP contribution is -1.91. The van der Waals surface area contributed by atoms with Crippen molar-refractivity contribution >= 4 is 16.6 Å². The molecule has 0 aliphatic rings. The summed E-state index contributed by atoms with van der Waals surface area (Å²) in [6.45, 7) is 1.83. The van der Waals surface area contributed by atoms with E-state index < -0.39 is 0 Å². The van der Waals surface area contributed by atoms with Crippen LogP contribution in [-0.2, 0) is 0 Å². The molecule has 3 nitrogen and oxygen atoms in total. The molecule has 1 aromatic heterocycles. The van der Waals surface area contributed by atoms with Crippen molar-refractivity contribution in [1.29, 1.82) is 0 Å². The Kier molecular flexibility index (Phi) is 2.79. The quantitative estimate of drug-likeness (QED) is 0.708. The number of nitrogens with zero attached hydrogens (tertiary/aromatic N) is 1. The molecule has 0 aliphatic carbocycles. The number of nitrogen functional groups attached to an aromatic ring is 1. The van der Waals surface area contributed by atoms with E-state index in [0.29, 0.717) is 22.3 Å². The largest absolute Gasteiger partial charge is 0.507 e. The molecule has 0 amide bonds. The molecule has 0 fully saturated rings. The van der Waals surface area contributed by atoms with Crippen LogP contribution >= 0.6 is 0 Å². The number of fused-ring (bicyclic) bond motifs is 1. The van der Waals surface area contributed by atoms with Gasteiger partial charge in [0, 0.05) is 22.5 Å². The lowest BCUT2D eigenvalue weighted by atomic mass is 9.97. The zero-order chi connectivity index (χ0) is 14.3. The summed E-state index contributed by atoms with van der Waals surface area (Å²) in [5.41, 5.74) is 7.53. The number of rotatable bonds is 1. The highest BCUT2D eigenvalue weighted by atomic mass is 19.1. The fourth-order valence-corrected chi connectivity index (χ4v) is 2.40. The number of aromatic nitrogens is 1. The lowest BCUT2D eigenvalue weighted by molar-refractivity contribution is 0.482. The molecule has 3 N–H and O–H groups in total. The van der Waals surface area contributed by atoms with Gasteiger partial charge in [0.2, 0.25) is 0 Å². The third-order valence-electron chi connectivity index (χ3n) is 3.35. The smallest absolute Gasteiger partial charge is 0.131 e. The lowest BCUT2D eigenvalue weighted by Gasteiger charge is -2.10. The van der Waals surface area contributed by atoms with E-state index in [-0.39, 0.29) is 11.6 Å². The molecule has 4 heteroatoms. The first-order chi connectivity index (χ1) is 9.56. The van der Waals surface area contributed by atoms with Crippen LogP contribution in [0.2, 0.25) is 0 Å². The zero-order valence-corrected chi connectivity index (χ0v) is 10.9. The molecule has 0 unspecified atom stereocenters. The summed E-state index contributed by atoms with van der Waals surface area (Å²) in [5.74, 6) is 0.0871. The van der Waals surface area contributed by atoms with Gasteiger partial charge < -0.3 is 10.8 Å². The van der Waals surface area contributed by atoms with Crippen molar-refractivity contribution in [2.75, 3.05) is 5.73 Å². The predicted molar refractivity (Wildman–Crippen MR) is 78.0 cm³/mol. The molecule has 1 heterocycles. The minimum absolute atomic E-state index is 0.0641. The van der Waals surface area contributed by atoms with E-state index >= 15 is 0 Å². The molecule has 3 rings (SSSR count). The van der Waals surface area contributed by atoms with Crippen molar-refractivity contribution in [2.24, 2.45) is 0 Å². The Hall–Kier alpha value is -2.62. The average molecular weight is 268 g/mol. The number of pyridine rings is 1. The molecule has 0 radical (unpaired) electrons. The van der Waals surface area contributed by atoms with Gasteiger partial charge in [0.15, 0.2) is 0 Å². The topological polar surface area (TPSA) is 59.1 Å². The summed E-state index contributed by atoms with van der Waals surface area (Å²) in [6, 6.07) is 9.85. The van der Waals surface area contributed by atoms with Crippen molar-refractivity contribution in [1.82, 2.24) is 4.98 Å². The van der Waals surface area contributed by atoms with Crippen LogP contribution < -0.4 is 5.73 Å². The van der Waals surface area contributed by atoms with E-state index in [9.17, 15) is 9.50 Å². The number of nitrogens with two attached hydrogens (primary N) is 1. The first-order valence-corrected chi connectivity index (χ1v) is 6.20. The molecule has 2 aromatic carbocycles. The van der Waals surface area contributed by atoms with Crippen LogP contribution in [0.5, 0.6) is 5.75 Å². The Balaban J connectivity index is 2.31. The first-order valence-electron chi connectivity index (χ1n) is 6.20. The third-order valence-corrected chi connectivity index (χ3v) is 3.35. The highest BCUT2D eigenvalue weighted by Gasteiger charge is 2.11. The second kappa shape index (κ2) is 4.49. The van der Waals surface area contributed by atoms with Gasteiger partial charge in [-0.2, -0.15) is 0 Å². The summed E-state index contributed by atoms with van der Waals surface area (Å²) in [6.07, 6.45) is 1.57. The number of aryl methyl sites for hydroxylation is 1. The number of hydrogen-bond acceptors (Lipinski definition) is 3. The Labute approximate surface area is 115 Å². The maximum Gasteiger partial charge on any atom is 0.131 e. The SMILES string of the molecule is Cc1cccc(F)c1-c1cc(O)c2cc(N)ncc2c1. The van der Waals surface area contributed by atoms with E-state index in [2.05, 4.69) is 4.98 Å². The van der Waals surface area contributed by atoms with Crippen molar-refractivity contribution < 1.29 is 9.50 Å². The standard InChI is InChI=1S/C16H13FN2O/c1-9-3-2-4-13(17)16(9)10-5-11-8-19-15(18)7-12(11)14(20)6-10/h2-8,20H,1H3,(H2,18,19). The predicted octanol–water partition coefficient (Wildman–Crippen LogP) is 3.64. The highest BCUT2D eigenvalue weighted by molar-refractivity contribution is 5.93. The molecular weight excluding hydrogens is 255 g/mol. The van der Waals surface area contributed by atoms with Crippen LogP contribution in [0.25, 0.3) is 21.9 Å². The summed E-state index contributed by atoms with van der Waals surface area (Å²) >= 11 is 0. The maximum atomic E-state index is 14.0. The second-order valence-electron chi connectivity index (χ2n) is 4.76. The van der Waals surface area contributed by atoms with Crippen molar-refractivity contribution in [3.8, 4) is 16.9 Å². The van der Waals surface area contributed by atoms with Crippen molar-refractivity contribution in [2.45, 2.75) is 6.92 Å². The van der Waals surface area contributed by atoms with Gasteiger partial charge in [-0.05, 0) is 42.3 Å². The average Bonchev–Trinajstić information content (AvgIpc) is 2.39. The number of halogens is 1. The third kappa shape index (κ3) is 1.95. The summed E-state index contributed by atoms with van der Waals surface area (Å²) in [4.78, 5) is 4.00. The maximum absolute atomic E-state index is 14.0. The Bertz CT molecular complexity index is 795. The number of anilines is 1. The summed E-state index contributed by atoms with van der Waals surface area (Å²) in [7, 11) is 0. The molecule has 20 heavy (non-hydrogen) atoms. The van der Waals surface area contributed by atoms with E-state index in [1.165, 1.54) is 6.07 Å². The zero-order valence-electron chi connectivity index (χ0n) is 10.9. The molecule has 0 atom stereocenters. The van der Waals surface area contributed by atoms with Gasteiger partial charge in [-0.25, -0.2) is 9.37 Å². The molecule has 0 bridgehead atoms. The number of benzene rings is 2. The van der Waals surface area contributed by atoms with Crippen LogP contribution in [0, 0.1) is 12.7 Å². The van der Waals surface area contributed by atoms with Gasteiger partial charge in [-0.1, -0.05) is 12.1 Å². The number of hydrogen-bond donors (Lipinski definition) is 2. The minimum atomic E-state index is -0.313. The monoisotopic (exact) mass is 268 g/mol. The minimum Gasteiger partial charge on any atom is -0.507 e. The normalized spacial score (nSPS) is 10.9.